The Morgan fingerprint density at radius 1 is 0.909 bits per heavy atom. The molecule has 4 rings (SSSR count). The van der Waals surface area contributed by atoms with Gasteiger partial charge in [0.1, 0.15) is 5.65 Å². The van der Waals surface area contributed by atoms with E-state index in [4.69, 9.17) is 4.98 Å². The largest absolute Gasteiger partial charge is 0.369 e. The van der Waals surface area contributed by atoms with Crippen LogP contribution in [0.15, 0.2) is 42.5 Å². The first-order valence-electron chi connectivity index (χ1n) is 12.1. The van der Waals surface area contributed by atoms with Crippen molar-refractivity contribution in [1.82, 2.24) is 14.5 Å². The van der Waals surface area contributed by atoms with Crippen molar-refractivity contribution in [2.45, 2.75) is 41.5 Å². The fourth-order valence-corrected chi connectivity index (χ4v) is 5.13. The maximum atomic E-state index is 5.14. The highest BCUT2D eigenvalue weighted by atomic mass is 15.2. The Labute approximate surface area is 198 Å². The molecule has 0 aliphatic heterocycles. The van der Waals surface area contributed by atoms with Gasteiger partial charge in [0.15, 0.2) is 0 Å². The molecule has 33 heavy (non-hydrogen) atoms. The molecule has 0 spiro atoms. The number of rotatable bonds is 7. The highest BCUT2D eigenvalue weighted by Gasteiger charge is 2.22. The number of benzene rings is 2. The SMILES string of the molecule is Cc1cc(C)c(-n2c3ccccc3c3c(N(CCN(C)C)CC(C)C)cc(C)nc32)c(C)c1. The summed E-state index contributed by atoms with van der Waals surface area (Å²) < 4.78 is 2.39. The minimum atomic E-state index is 0.575. The zero-order chi connectivity index (χ0) is 23.9. The first-order chi connectivity index (χ1) is 15.7. The molecule has 4 nitrogen and oxygen atoms in total. The third-order valence-corrected chi connectivity index (χ3v) is 6.34. The minimum absolute atomic E-state index is 0.575. The van der Waals surface area contributed by atoms with E-state index in [1.54, 1.807) is 0 Å². The Morgan fingerprint density at radius 3 is 2.21 bits per heavy atom. The molecule has 2 aromatic heterocycles. The fourth-order valence-electron chi connectivity index (χ4n) is 5.13. The van der Waals surface area contributed by atoms with Crippen LogP contribution in [0.3, 0.4) is 0 Å². The van der Waals surface area contributed by atoms with Gasteiger partial charge in [0.25, 0.3) is 0 Å². The van der Waals surface area contributed by atoms with Crippen LogP contribution in [-0.2, 0) is 0 Å². The van der Waals surface area contributed by atoms with E-state index in [9.17, 15) is 0 Å². The van der Waals surface area contributed by atoms with Crippen LogP contribution < -0.4 is 4.90 Å². The molecule has 0 fully saturated rings. The molecular formula is C29H38N4. The van der Waals surface area contributed by atoms with E-state index in [0.717, 1.165) is 31.0 Å². The first kappa shape index (κ1) is 23.3. The lowest BCUT2D eigenvalue weighted by Crippen LogP contribution is -2.34. The first-order valence-corrected chi connectivity index (χ1v) is 12.1. The fraction of sp³-hybridized carbons (Fsp3) is 0.414. The number of hydrogen-bond acceptors (Lipinski definition) is 3. The van der Waals surface area contributed by atoms with Crippen LogP contribution in [0.1, 0.15) is 36.2 Å². The van der Waals surface area contributed by atoms with Crippen LogP contribution in [0.5, 0.6) is 0 Å². The molecule has 0 aliphatic carbocycles. The second kappa shape index (κ2) is 9.18. The number of para-hydroxylation sites is 1. The number of pyridine rings is 1. The average molecular weight is 443 g/mol. The predicted molar refractivity (Wildman–Crippen MR) is 143 cm³/mol. The molecule has 0 amide bonds. The molecule has 0 unspecified atom stereocenters. The van der Waals surface area contributed by atoms with Crippen molar-refractivity contribution in [3.05, 3.63) is 64.8 Å². The van der Waals surface area contributed by atoms with E-state index < -0.39 is 0 Å². The number of aromatic nitrogens is 2. The minimum Gasteiger partial charge on any atom is -0.369 e. The number of aryl methyl sites for hydroxylation is 4. The van der Waals surface area contributed by atoms with E-state index in [-0.39, 0.29) is 0 Å². The summed E-state index contributed by atoms with van der Waals surface area (Å²) in [5.74, 6) is 0.575. The molecule has 0 radical (unpaired) electrons. The Hall–Kier alpha value is -2.85. The van der Waals surface area contributed by atoms with Gasteiger partial charge in [0, 0.05) is 30.7 Å². The molecule has 4 aromatic rings. The van der Waals surface area contributed by atoms with Crippen LogP contribution >= 0.6 is 0 Å². The van der Waals surface area contributed by atoms with Crippen molar-refractivity contribution >= 4 is 27.6 Å². The van der Waals surface area contributed by atoms with Gasteiger partial charge in [0.2, 0.25) is 0 Å². The molecule has 0 aliphatic rings. The van der Waals surface area contributed by atoms with E-state index in [1.807, 2.05) is 0 Å². The van der Waals surface area contributed by atoms with Crippen LogP contribution in [0.25, 0.3) is 27.6 Å². The zero-order valence-electron chi connectivity index (χ0n) is 21.5. The van der Waals surface area contributed by atoms with Gasteiger partial charge in [-0.1, -0.05) is 49.7 Å². The van der Waals surface area contributed by atoms with Crippen LogP contribution in [0.2, 0.25) is 0 Å². The topological polar surface area (TPSA) is 24.3 Å². The maximum Gasteiger partial charge on any atom is 0.147 e. The van der Waals surface area contributed by atoms with Gasteiger partial charge < -0.3 is 9.80 Å². The smallest absolute Gasteiger partial charge is 0.147 e. The normalized spacial score (nSPS) is 11.9. The number of nitrogens with zero attached hydrogens (tertiary/aromatic N) is 4. The van der Waals surface area contributed by atoms with Crippen molar-refractivity contribution in [1.29, 1.82) is 0 Å². The highest BCUT2D eigenvalue weighted by molar-refractivity contribution is 6.14. The molecule has 0 saturated carbocycles. The van der Waals surface area contributed by atoms with Crippen molar-refractivity contribution in [2.24, 2.45) is 5.92 Å². The van der Waals surface area contributed by atoms with Crippen molar-refractivity contribution in [3.63, 3.8) is 0 Å². The van der Waals surface area contributed by atoms with E-state index >= 15 is 0 Å². The highest BCUT2D eigenvalue weighted by Crippen LogP contribution is 2.39. The third kappa shape index (κ3) is 4.49. The second-order valence-corrected chi connectivity index (χ2v) is 10.2. The van der Waals surface area contributed by atoms with Crippen molar-refractivity contribution in [3.8, 4) is 5.69 Å². The molecule has 0 N–H and O–H groups in total. The van der Waals surface area contributed by atoms with E-state index in [0.29, 0.717) is 5.92 Å². The lowest BCUT2D eigenvalue weighted by atomic mass is 10.0. The summed E-state index contributed by atoms with van der Waals surface area (Å²) >= 11 is 0. The average Bonchev–Trinajstić information content (AvgIpc) is 3.03. The standard InChI is InChI=1S/C29H38N4/c1-19(2)18-32(14-13-31(7)8)26-17-23(6)30-29-27(26)24-11-9-10-12-25(24)33(29)28-21(4)15-20(3)16-22(28)5/h9-12,15-17,19H,13-14,18H2,1-8H3. The zero-order valence-corrected chi connectivity index (χ0v) is 21.5. The lowest BCUT2D eigenvalue weighted by Gasteiger charge is -2.29. The maximum absolute atomic E-state index is 5.14. The third-order valence-electron chi connectivity index (χ3n) is 6.34. The second-order valence-electron chi connectivity index (χ2n) is 10.2. The number of fused-ring (bicyclic) bond motifs is 3. The molecule has 0 saturated heterocycles. The Morgan fingerprint density at radius 2 is 1.58 bits per heavy atom. The number of hydrogen-bond donors (Lipinski definition) is 0. The molecule has 0 bridgehead atoms. The molecule has 174 valence electrons. The van der Waals surface area contributed by atoms with Gasteiger partial charge in [-0.3, -0.25) is 4.57 Å². The van der Waals surface area contributed by atoms with Crippen LogP contribution in [0, 0.1) is 33.6 Å². The van der Waals surface area contributed by atoms with Crippen molar-refractivity contribution < 1.29 is 0 Å². The van der Waals surface area contributed by atoms with Gasteiger partial charge >= 0.3 is 0 Å². The predicted octanol–water partition coefficient (Wildman–Crippen LogP) is 6.44. The van der Waals surface area contributed by atoms with Gasteiger partial charge in [0.05, 0.1) is 22.3 Å². The van der Waals surface area contributed by atoms with Crippen LogP contribution in [0.4, 0.5) is 5.69 Å². The van der Waals surface area contributed by atoms with Gasteiger partial charge in [-0.05, 0) is 71.0 Å². The number of anilines is 1. The van der Waals surface area contributed by atoms with Gasteiger partial charge in [-0.2, -0.15) is 0 Å². The summed E-state index contributed by atoms with van der Waals surface area (Å²) in [4.78, 5) is 9.96. The summed E-state index contributed by atoms with van der Waals surface area (Å²) in [6.07, 6.45) is 0. The summed E-state index contributed by atoms with van der Waals surface area (Å²) in [5.41, 5.74) is 9.75. The molecular weight excluding hydrogens is 404 g/mol. The lowest BCUT2D eigenvalue weighted by molar-refractivity contribution is 0.409. The summed E-state index contributed by atoms with van der Waals surface area (Å²) in [5, 5.41) is 2.53. The Bertz CT molecular complexity index is 1270. The van der Waals surface area contributed by atoms with E-state index in [1.165, 1.54) is 44.4 Å². The summed E-state index contributed by atoms with van der Waals surface area (Å²) in [7, 11) is 4.30. The van der Waals surface area contributed by atoms with Gasteiger partial charge in [-0.15, -0.1) is 0 Å². The Kier molecular flexibility index (Phi) is 6.49. The Balaban J connectivity index is 2.08. The van der Waals surface area contributed by atoms with Crippen molar-refractivity contribution in [2.75, 3.05) is 38.6 Å². The van der Waals surface area contributed by atoms with Crippen LogP contribution in [-0.4, -0.2) is 48.2 Å². The molecule has 4 heteroatoms. The molecule has 2 heterocycles. The van der Waals surface area contributed by atoms with E-state index in [2.05, 4.69) is 112 Å². The molecule has 2 aromatic carbocycles. The molecule has 0 atom stereocenters. The summed E-state index contributed by atoms with van der Waals surface area (Å²) in [6, 6.07) is 15.6. The summed E-state index contributed by atoms with van der Waals surface area (Å²) in [6.45, 7) is 16.4. The number of likely N-dealkylation sites (N-methyl/N-ethyl adjacent to an activating group) is 1. The quantitative estimate of drug-likeness (QED) is 0.329. The van der Waals surface area contributed by atoms with Gasteiger partial charge in [-0.25, -0.2) is 4.98 Å². The monoisotopic (exact) mass is 442 g/mol.